The summed E-state index contributed by atoms with van der Waals surface area (Å²) in [5, 5.41) is 0. The largest absolute Gasteiger partial charge is 0.358 e. The molecular weight excluding hydrogens is 194 g/mol. The molecule has 16 heavy (non-hydrogen) atoms. The number of allylic oxidation sites excluding steroid dienone is 2. The van der Waals surface area contributed by atoms with E-state index >= 15 is 0 Å². The van der Waals surface area contributed by atoms with Crippen molar-refractivity contribution >= 4 is 6.08 Å². The zero-order chi connectivity index (χ0) is 11.3. The summed E-state index contributed by atoms with van der Waals surface area (Å²) in [6, 6.07) is 0. The van der Waals surface area contributed by atoms with Gasteiger partial charge in [0, 0.05) is 17.3 Å². The van der Waals surface area contributed by atoms with Crippen LogP contribution in [-0.4, -0.2) is 4.98 Å². The van der Waals surface area contributed by atoms with Crippen LogP contribution in [-0.2, 0) is 6.42 Å². The smallest absolute Gasteiger partial charge is 0.0417 e. The highest BCUT2D eigenvalue weighted by Gasteiger charge is 2.32. The molecule has 0 aromatic carbocycles. The minimum absolute atomic E-state index is 0.601. The lowest BCUT2D eigenvalue weighted by Crippen LogP contribution is -2.04. The quantitative estimate of drug-likeness (QED) is 0.675. The summed E-state index contributed by atoms with van der Waals surface area (Å²) >= 11 is 0. The minimum atomic E-state index is 0.601. The number of hydrogen-bond acceptors (Lipinski definition) is 0. The van der Waals surface area contributed by atoms with E-state index in [9.17, 15) is 0 Å². The van der Waals surface area contributed by atoms with E-state index in [1.54, 1.807) is 11.1 Å². The third-order valence-corrected chi connectivity index (χ3v) is 4.08. The lowest BCUT2D eigenvalue weighted by molar-refractivity contribution is 0.719. The molecule has 3 rings (SSSR count). The van der Waals surface area contributed by atoms with Crippen LogP contribution in [0.3, 0.4) is 0 Å². The van der Waals surface area contributed by atoms with E-state index in [4.69, 9.17) is 0 Å². The molecule has 1 heteroatoms. The van der Waals surface area contributed by atoms with Gasteiger partial charge in [0.25, 0.3) is 0 Å². The topological polar surface area (TPSA) is 15.8 Å². The Morgan fingerprint density at radius 3 is 3.00 bits per heavy atom. The molecule has 1 aromatic heterocycles. The van der Waals surface area contributed by atoms with E-state index in [0.29, 0.717) is 11.8 Å². The van der Waals surface area contributed by atoms with Crippen LogP contribution >= 0.6 is 0 Å². The Bertz CT molecular complexity index is 476. The van der Waals surface area contributed by atoms with Gasteiger partial charge in [-0.2, -0.15) is 0 Å². The Labute approximate surface area is 97.3 Å². The van der Waals surface area contributed by atoms with Gasteiger partial charge in [-0.1, -0.05) is 25.2 Å². The molecule has 2 aliphatic rings. The van der Waals surface area contributed by atoms with Crippen LogP contribution in [0.4, 0.5) is 0 Å². The summed E-state index contributed by atoms with van der Waals surface area (Å²) < 4.78 is 0. The van der Waals surface area contributed by atoms with E-state index in [1.165, 1.54) is 36.2 Å². The number of aromatic nitrogens is 1. The van der Waals surface area contributed by atoms with Crippen molar-refractivity contribution in [2.45, 2.75) is 44.9 Å². The summed E-state index contributed by atoms with van der Waals surface area (Å²) in [5.41, 5.74) is 7.30. The summed E-state index contributed by atoms with van der Waals surface area (Å²) in [7, 11) is 0. The molecule has 0 radical (unpaired) electrons. The van der Waals surface area contributed by atoms with Crippen LogP contribution in [0.2, 0.25) is 0 Å². The Balaban J connectivity index is 2.17. The van der Waals surface area contributed by atoms with Gasteiger partial charge in [-0.3, -0.25) is 0 Å². The number of aromatic amines is 1. The second kappa shape index (κ2) is 3.38. The first-order valence-corrected chi connectivity index (χ1v) is 6.25. The summed E-state index contributed by atoms with van der Waals surface area (Å²) in [4.78, 5) is 3.60. The normalized spacial score (nSPS) is 26.6. The first-order valence-electron chi connectivity index (χ1n) is 6.25. The molecule has 0 fully saturated rings. The first-order chi connectivity index (χ1) is 7.68. The van der Waals surface area contributed by atoms with E-state index < -0.39 is 0 Å². The molecule has 0 bridgehead atoms. The Morgan fingerprint density at radius 2 is 2.25 bits per heavy atom. The molecule has 1 N–H and O–H groups in total. The van der Waals surface area contributed by atoms with E-state index in [-0.39, 0.29) is 0 Å². The second-order valence-corrected chi connectivity index (χ2v) is 5.32. The van der Waals surface area contributed by atoms with E-state index in [0.717, 1.165) is 0 Å². The van der Waals surface area contributed by atoms with Gasteiger partial charge in [-0.15, -0.1) is 0 Å². The van der Waals surface area contributed by atoms with Crippen molar-refractivity contribution in [1.29, 1.82) is 0 Å². The Morgan fingerprint density at radius 1 is 1.44 bits per heavy atom. The molecule has 0 saturated carbocycles. The first kappa shape index (κ1) is 9.95. The Hall–Kier alpha value is -1.24. The molecule has 0 saturated heterocycles. The predicted molar refractivity (Wildman–Crippen MR) is 68.7 cm³/mol. The van der Waals surface area contributed by atoms with Crippen molar-refractivity contribution in [3.8, 4) is 0 Å². The fourth-order valence-corrected chi connectivity index (χ4v) is 3.30. The zero-order valence-corrected chi connectivity index (χ0v) is 10.1. The molecule has 1 heterocycles. The monoisotopic (exact) mass is 213 g/mol. The number of hydrogen-bond donors (Lipinski definition) is 1. The molecular formula is C15H19N. The Kier molecular flexibility index (Phi) is 2.10. The highest BCUT2D eigenvalue weighted by molar-refractivity contribution is 5.61. The van der Waals surface area contributed by atoms with Crippen LogP contribution in [0.25, 0.3) is 6.08 Å². The molecule has 2 atom stereocenters. The van der Waals surface area contributed by atoms with E-state index in [1.807, 2.05) is 0 Å². The van der Waals surface area contributed by atoms with Crippen LogP contribution in [0.15, 0.2) is 18.2 Å². The number of aryl methyl sites for hydroxylation is 1. The van der Waals surface area contributed by atoms with Crippen LogP contribution in [0.1, 0.15) is 61.0 Å². The molecule has 2 aliphatic carbocycles. The summed E-state index contributed by atoms with van der Waals surface area (Å²) in [6.45, 7) is 8.66. The third kappa shape index (κ3) is 1.24. The number of fused-ring (bicyclic) bond motifs is 3. The molecule has 0 spiro atoms. The van der Waals surface area contributed by atoms with Gasteiger partial charge in [0.15, 0.2) is 0 Å². The molecule has 0 amide bonds. The highest BCUT2D eigenvalue weighted by Crippen LogP contribution is 2.45. The van der Waals surface area contributed by atoms with Crippen molar-refractivity contribution in [1.82, 2.24) is 4.98 Å². The standard InChI is InChI=1S/C15H19N/c1-9(2)11-7-8-13-15(11)14-10(3)5-4-6-12(14)16-13/h4,6,10-11,16H,1,5,7-8H2,2-3H3. The highest BCUT2D eigenvalue weighted by atomic mass is 14.8. The zero-order valence-electron chi connectivity index (χ0n) is 10.1. The summed E-state index contributed by atoms with van der Waals surface area (Å²) in [5.74, 6) is 1.27. The maximum absolute atomic E-state index is 4.16. The fourth-order valence-electron chi connectivity index (χ4n) is 3.30. The van der Waals surface area contributed by atoms with Gasteiger partial charge in [-0.25, -0.2) is 0 Å². The van der Waals surface area contributed by atoms with Crippen molar-refractivity contribution in [3.05, 3.63) is 40.7 Å². The molecule has 0 aliphatic heterocycles. The lowest BCUT2D eigenvalue weighted by atomic mass is 9.84. The van der Waals surface area contributed by atoms with Gasteiger partial charge in [0.05, 0.1) is 0 Å². The lowest BCUT2D eigenvalue weighted by Gasteiger charge is -2.19. The molecule has 84 valence electrons. The average molecular weight is 213 g/mol. The number of H-pyrrole nitrogens is 1. The fraction of sp³-hybridized carbons (Fsp3) is 0.467. The number of rotatable bonds is 1. The van der Waals surface area contributed by atoms with Crippen molar-refractivity contribution in [3.63, 3.8) is 0 Å². The van der Waals surface area contributed by atoms with Crippen molar-refractivity contribution < 1.29 is 0 Å². The molecule has 2 unspecified atom stereocenters. The second-order valence-electron chi connectivity index (χ2n) is 5.32. The number of nitrogens with one attached hydrogen (secondary N) is 1. The van der Waals surface area contributed by atoms with Crippen LogP contribution in [0.5, 0.6) is 0 Å². The van der Waals surface area contributed by atoms with Gasteiger partial charge in [0.1, 0.15) is 0 Å². The van der Waals surface area contributed by atoms with Gasteiger partial charge >= 0.3 is 0 Å². The third-order valence-electron chi connectivity index (χ3n) is 4.08. The van der Waals surface area contributed by atoms with Crippen molar-refractivity contribution in [2.24, 2.45) is 0 Å². The van der Waals surface area contributed by atoms with Crippen LogP contribution < -0.4 is 0 Å². The van der Waals surface area contributed by atoms with Crippen molar-refractivity contribution in [2.75, 3.05) is 0 Å². The maximum Gasteiger partial charge on any atom is 0.0417 e. The van der Waals surface area contributed by atoms with Crippen LogP contribution in [0, 0.1) is 0 Å². The predicted octanol–water partition coefficient (Wildman–Crippen LogP) is 4.14. The molecule has 1 aromatic rings. The maximum atomic E-state index is 4.16. The SMILES string of the molecule is C=C(C)C1CCc2[nH]c3c(c21)C(C)CC=C3. The van der Waals surface area contributed by atoms with Gasteiger partial charge in [0.2, 0.25) is 0 Å². The summed E-state index contributed by atoms with van der Waals surface area (Å²) in [6.07, 6.45) is 8.17. The van der Waals surface area contributed by atoms with Gasteiger partial charge in [-0.05, 0) is 49.3 Å². The van der Waals surface area contributed by atoms with Gasteiger partial charge < -0.3 is 4.98 Å². The minimum Gasteiger partial charge on any atom is -0.358 e. The molecule has 1 nitrogen and oxygen atoms in total. The van der Waals surface area contributed by atoms with E-state index in [2.05, 4.69) is 37.6 Å². The average Bonchev–Trinajstić information content (AvgIpc) is 2.74.